The number of aromatic nitrogens is 1. The monoisotopic (exact) mass is 546 g/mol. The van der Waals surface area contributed by atoms with Crippen LogP contribution >= 0.6 is 0 Å². The van der Waals surface area contributed by atoms with Crippen molar-refractivity contribution in [3.63, 3.8) is 0 Å². The highest BCUT2D eigenvalue weighted by atomic mass is 19.1. The average Bonchev–Trinajstić information content (AvgIpc) is 2.87. The Morgan fingerprint density at radius 2 is 1.68 bits per heavy atom. The number of hydrogen-bond donors (Lipinski definition) is 0. The summed E-state index contributed by atoms with van der Waals surface area (Å²) >= 11 is 0. The molecule has 0 bridgehead atoms. The van der Waals surface area contributed by atoms with Crippen LogP contribution in [0.2, 0.25) is 0 Å². The zero-order valence-electron chi connectivity index (χ0n) is 25.2. The molecule has 0 N–H and O–H groups in total. The van der Waals surface area contributed by atoms with Crippen molar-refractivity contribution in [2.45, 2.75) is 79.9 Å². The van der Waals surface area contributed by atoms with Crippen LogP contribution < -0.4 is 4.90 Å². The zero-order chi connectivity index (χ0) is 29.2. The molecule has 2 heterocycles. The maximum absolute atomic E-state index is 15.7. The lowest BCUT2D eigenvalue weighted by atomic mass is 9.81. The Hall–Kier alpha value is -3.25. The molecule has 214 valence electrons. The highest BCUT2D eigenvalue weighted by molar-refractivity contribution is 5.89. The Kier molecular flexibility index (Phi) is 8.69. The van der Waals surface area contributed by atoms with Gasteiger partial charge in [0.1, 0.15) is 5.82 Å². The molecule has 1 aromatic heterocycles. The fraction of sp³-hybridized carbons (Fsp3) is 0.471. The molecule has 0 saturated carbocycles. The van der Waals surface area contributed by atoms with Crippen molar-refractivity contribution in [3.05, 3.63) is 71.3 Å². The largest absolute Gasteiger partial charge is 0.464 e. The minimum Gasteiger partial charge on any atom is -0.464 e. The lowest BCUT2D eigenvalue weighted by Crippen LogP contribution is -2.39. The van der Waals surface area contributed by atoms with E-state index in [0.717, 1.165) is 54.0 Å². The number of carbonyl (C=O) groups excluding carboxylic acids is 1. The number of esters is 1. The van der Waals surface area contributed by atoms with Gasteiger partial charge in [0.05, 0.1) is 17.9 Å². The average molecular weight is 547 g/mol. The molecule has 0 radical (unpaired) electrons. The van der Waals surface area contributed by atoms with Crippen LogP contribution in [0.1, 0.15) is 77.4 Å². The van der Waals surface area contributed by atoms with Gasteiger partial charge >= 0.3 is 5.97 Å². The summed E-state index contributed by atoms with van der Waals surface area (Å²) in [6.45, 7) is 17.9. The Bertz CT molecular complexity index is 1350. The predicted molar refractivity (Wildman–Crippen MR) is 160 cm³/mol. The Labute approximate surface area is 238 Å². The summed E-state index contributed by atoms with van der Waals surface area (Å²) in [6.07, 6.45) is 1.03. The molecule has 40 heavy (non-hydrogen) atoms. The molecule has 0 aliphatic carbocycles. The molecule has 4 rings (SSSR count). The first kappa shape index (κ1) is 29.7. The van der Waals surface area contributed by atoms with Gasteiger partial charge in [-0.2, -0.15) is 0 Å². The van der Waals surface area contributed by atoms with E-state index in [2.05, 4.69) is 18.7 Å². The number of hydrogen-bond acceptors (Lipinski definition) is 5. The van der Waals surface area contributed by atoms with Crippen molar-refractivity contribution in [1.82, 2.24) is 4.98 Å². The molecule has 0 unspecified atom stereocenters. The second kappa shape index (κ2) is 11.7. The Morgan fingerprint density at radius 1 is 1.02 bits per heavy atom. The highest BCUT2D eigenvalue weighted by Gasteiger charge is 2.37. The number of piperidine rings is 1. The summed E-state index contributed by atoms with van der Waals surface area (Å²) in [5.74, 6) is -0.745. The van der Waals surface area contributed by atoms with Crippen molar-refractivity contribution in [2.75, 3.05) is 24.6 Å². The van der Waals surface area contributed by atoms with Gasteiger partial charge in [-0.25, -0.2) is 9.18 Å². The van der Waals surface area contributed by atoms with E-state index in [9.17, 15) is 4.79 Å². The number of nitrogens with zero attached hydrogens (tertiary/aromatic N) is 2. The molecule has 6 heteroatoms. The van der Waals surface area contributed by atoms with Gasteiger partial charge in [0.25, 0.3) is 0 Å². The van der Waals surface area contributed by atoms with Gasteiger partial charge in [-0.3, -0.25) is 4.98 Å². The highest BCUT2D eigenvalue weighted by Crippen LogP contribution is 2.45. The maximum atomic E-state index is 15.7. The van der Waals surface area contributed by atoms with Gasteiger partial charge in [0.15, 0.2) is 6.10 Å². The zero-order valence-corrected chi connectivity index (χ0v) is 25.2. The summed E-state index contributed by atoms with van der Waals surface area (Å²) in [5.41, 5.74) is 5.60. The van der Waals surface area contributed by atoms with Crippen LogP contribution in [0.15, 0.2) is 48.5 Å². The van der Waals surface area contributed by atoms with Gasteiger partial charge in [0, 0.05) is 41.2 Å². The Morgan fingerprint density at radius 3 is 2.25 bits per heavy atom. The normalized spacial score (nSPS) is 16.1. The number of halogens is 1. The predicted octanol–water partition coefficient (Wildman–Crippen LogP) is 8.22. The third-order valence-electron chi connectivity index (χ3n) is 7.59. The first-order chi connectivity index (χ1) is 18.8. The molecule has 1 saturated heterocycles. The minimum atomic E-state index is -0.967. The van der Waals surface area contributed by atoms with Crippen LogP contribution in [0.25, 0.3) is 22.3 Å². The Balaban J connectivity index is 1.96. The maximum Gasteiger partial charge on any atom is 0.340 e. The van der Waals surface area contributed by atoms with Gasteiger partial charge in [-0.05, 0) is 77.0 Å². The van der Waals surface area contributed by atoms with Crippen molar-refractivity contribution >= 4 is 11.7 Å². The molecule has 1 aliphatic rings. The third-order valence-corrected chi connectivity index (χ3v) is 7.59. The fourth-order valence-electron chi connectivity index (χ4n) is 5.49. The van der Waals surface area contributed by atoms with E-state index >= 15 is 4.39 Å². The first-order valence-electron chi connectivity index (χ1n) is 14.3. The van der Waals surface area contributed by atoms with Gasteiger partial charge in [-0.1, -0.05) is 56.3 Å². The summed E-state index contributed by atoms with van der Waals surface area (Å²) in [4.78, 5) is 20.7. The van der Waals surface area contributed by atoms with Gasteiger partial charge in [0.2, 0.25) is 0 Å². The second-order valence-electron chi connectivity index (χ2n) is 12.5. The second-order valence-corrected chi connectivity index (χ2v) is 12.5. The van der Waals surface area contributed by atoms with Crippen LogP contribution in [0.3, 0.4) is 0 Å². The fourth-order valence-corrected chi connectivity index (χ4v) is 5.49. The van der Waals surface area contributed by atoms with Crippen molar-refractivity contribution in [3.8, 4) is 22.3 Å². The molecule has 0 amide bonds. The molecule has 1 atom stereocenters. The van der Waals surface area contributed by atoms with Crippen LogP contribution in [-0.4, -0.2) is 36.3 Å². The number of aryl methyl sites for hydroxylation is 2. The van der Waals surface area contributed by atoms with E-state index in [1.807, 2.05) is 77.1 Å². The lowest BCUT2D eigenvalue weighted by Gasteiger charge is -2.41. The lowest BCUT2D eigenvalue weighted by molar-refractivity contribution is -0.166. The quantitative estimate of drug-likeness (QED) is 0.280. The van der Waals surface area contributed by atoms with Gasteiger partial charge < -0.3 is 14.4 Å². The summed E-state index contributed by atoms with van der Waals surface area (Å²) in [7, 11) is 0. The van der Waals surface area contributed by atoms with E-state index in [4.69, 9.17) is 14.5 Å². The van der Waals surface area contributed by atoms with E-state index in [1.54, 1.807) is 13.0 Å². The number of rotatable bonds is 7. The van der Waals surface area contributed by atoms with Gasteiger partial charge in [-0.15, -0.1) is 0 Å². The molecule has 5 nitrogen and oxygen atoms in total. The standard InChI is InChI=1S/C34H43FN2O3/c1-9-39-32(38)31(40-33(4,5)6)29-23(3)36-22(2)28(30(29)37-19-17-34(7,8)18-20-37)25-15-16-26(27(35)21-25)24-13-11-10-12-14-24/h10-16,21,31H,9,17-20H2,1-8H3/t31-/m0/s1. The number of pyridine rings is 1. The number of anilines is 1. The summed E-state index contributed by atoms with van der Waals surface area (Å²) in [6, 6.07) is 14.9. The number of ether oxygens (including phenoxy) is 2. The first-order valence-corrected chi connectivity index (χ1v) is 14.3. The van der Waals surface area contributed by atoms with E-state index in [-0.39, 0.29) is 17.8 Å². The third kappa shape index (κ3) is 6.55. The van der Waals surface area contributed by atoms with Crippen molar-refractivity contribution in [1.29, 1.82) is 0 Å². The number of carbonyl (C=O) groups is 1. The summed E-state index contributed by atoms with van der Waals surface area (Å²) < 4.78 is 27.6. The van der Waals surface area contributed by atoms with Crippen molar-refractivity contribution < 1.29 is 18.7 Å². The topological polar surface area (TPSA) is 51.7 Å². The van der Waals surface area contributed by atoms with Crippen LogP contribution in [0, 0.1) is 25.1 Å². The van der Waals surface area contributed by atoms with Crippen LogP contribution in [0.4, 0.5) is 10.1 Å². The van der Waals surface area contributed by atoms with E-state index in [0.29, 0.717) is 16.8 Å². The smallest absolute Gasteiger partial charge is 0.340 e. The summed E-state index contributed by atoms with van der Waals surface area (Å²) in [5, 5.41) is 0. The number of benzene rings is 2. The molecule has 0 spiro atoms. The molecule has 1 aliphatic heterocycles. The van der Waals surface area contributed by atoms with Crippen LogP contribution in [-0.2, 0) is 14.3 Å². The molecular weight excluding hydrogens is 503 g/mol. The van der Waals surface area contributed by atoms with E-state index in [1.165, 1.54) is 0 Å². The van der Waals surface area contributed by atoms with Crippen molar-refractivity contribution in [2.24, 2.45) is 5.41 Å². The molecule has 2 aromatic carbocycles. The minimum absolute atomic E-state index is 0.222. The SMILES string of the molecule is CCOC(=O)[C@@H](OC(C)(C)C)c1c(C)nc(C)c(-c2ccc(-c3ccccc3)c(F)c2)c1N1CCC(C)(C)CC1. The van der Waals surface area contributed by atoms with E-state index < -0.39 is 17.7 Å². The molecular formula is C34H43FN2O3. The van der Waals surface area contributed by atoms with Crippen LogP contribution in [0.5, 0.6) is 0 Å². The molecule has 1 fully saturated rings. The molecule has 3 aromatic rings.